The molecule has 0 saturated carbocycles. The van der Waals surface area contributed by atoms with E-state index in [1.807, 2.05) is 0 Å². The highest BCUT2D eigenvalue weighted by molar-refractivity contribution is 6.03. The molecule has 1 aliphatic heterocycles. The average molecular weight is 366 g/mol. The number of fused-ring (bicyclic) bond motifs is 2. The van der Waals surface area contributed by atoms with Crippen LogP contribution in [0.3, 0.4) is 0 Å². The Morgan fingerprint density at radius 2 is 1.59 bits per heavy atom. The minimum absolute atomic E-state index is 0.0549. The Bertz CT molecular complexity index is 1220. The van der Waals surface area contributed by atoms with E-state index in [1.54, 1.807) is 12.1 Å². The van der Waals surface area contributed by atoms with Gasteiger partial charge in [-0.2, -0.15) is 0 Å². The van der Waals surface area contributed by atoms with E-state index in [9.17, 15) is 25.2 Å². The summed E-state index contributed by atoms with van der Waals surface area (Å²) in [6.45, 7) is 0. The first-order chi connectivity index (χ1) is 12.9. The van der Waals surface area contributed by atoms with Crippen LogP contribution in [0.5, 0.6) is 28.7 Å². The van der Waals surface area contributed by atoms with Crippen molar-refractivity contribution in [1.29, 1.82) is 0 Å². The molecule has 4 N–H and O–H groups in total. The van der Waals surface area contributed by atoms with Gasteiger partial charge in [0, 0.05) is 28.6 Å². The van der Waals surface area contributed by atoms with Crippen LogP contribution >= 0.6 is 0 Å². The van der Waals surface area contributed by atoms with Gasteiger partial charge in [-0.25, -0.2) is 0 Å². The summed E-state index contributed by atoms with van der Waals surface area (Å²) in [4.78, 5) is 11.8. The fourth-order valence-corrected chi connectivity index (χ4v) is 3.07. The van der Waals surface area contributed by atoms with Gasteiger partial charge in [0.1, 0.15) is 11.3 Å². The van der Waals surface area contributed by atoms with Gasteiger partial charge in [-0.3, -0.25) is 4.79 Å². The molecule has 4 rings (SSSR count). The molecule has 1 aliphatic carbocycles. The predicted octanol–water partition coefficient (Wildman–Crippen LogP) is 3.40. The van der Waals surface area contributed by atoms with Crippen LogP contribution in [0.2, 0.25) is 0 Å². The third kappa shape index (κ3) is 2.56. The highest BCUT2D eigenvalue weighted by Crippen LogP contribution is 2.45. The fourth-order valence-electron chi connectivity index (χ4n) is 3.07. The Morgan fingerprint density at radius 3 is 2.33 bits per heavy atom. The average Bonchev–Trinajstić information content (AvgIpc) is 2.63. The van der Waals surface area contributed by atoms with Crippen molar-refractivity contribution in [3.63, 3.8) is 0 Å². The maximum atomic E-state index is 11.8. The first-order valence-corrected chi connectivity index (χ1v) is 7.92. The molecule has 0 atom stereocenters. The van der Waals surface area contributed by atoms with Crippen molar-refractivity contribution in [2.45, 2.75) is 0 Å². The molecule has 0 aromatic heterocycles. The van der Waals surface area contributed by atoms with Crippen molar-refractivity contribution in [3.05, 3.63) is 52.7 Å². The molecule has 0 fully saturated rings. The summed E-state index contributed by atoms with van der Waals surface area (Å²) in [6.07, 6.45) is 0. The lowest BCUT2D eigenvalue weighted by molar-refractivity contribution is 0.373. The second-order valence-electron chi connectivity index (χ2n) is 6.02. The van der Waals surface area contributed by atoms with Crippen molar-refractivity contribution >= 4 is 11.0 Å². The number of hydrogen-bond acceptors (Lipinski definition) is 7. The van der Waals surface area contributed by atoms with E-state index in [-0.39, 0.29) is 34.3 Å². The van der Waals surface area contributed by atoms with Crippen LogP contribution in [0, 0.1) is 0 Å². The minimum atomic E-state index is -0.608. The lowest BCUT2D eigenvalue weighted by Gasteiger charge is -2.16. The Kier molecular flexibility index (Phi) is 3.59. The van der Waals surface area contributed by atoms with E-state index < -0.39 is 11.2 Å². The third-order valence-electron chi connectivity index (χ3n) is 4.36. The largest absolute Gasteiger partial charge is 0.504 e. The summed E-state index contributed by atoms with van der Waals surface area (Å²) in [5.41, 5.74) is 1.14. The predicted molar refractivity (Wildman–Crippen MR) is 97.8 cm³/mol. The molecule has 0 amide bonds. The summed E-state index contributed by atoms with van der Waals surface area (Å²) in [7, 11) is 1.41. The monoisotopic (exact) mass is 366 g/mol. The smallest absolute Gasteiger partial charge is 0.223 e. The summed E-state index contributed by atoms with van der Waals surface area (Å²) < 4.78 is 10.9. The van der Waals surface area contributed by atoms with Gasteiger partial charge in [0.15, 0.2) is 28.7 Å². The van der Waals surface area contributed by atoms with Gasteiger partial charge < -0.3 is 29.6 Å². The fraction of sp³-hybridized carbons (Fsp3) is 0.0500. The van der Waals surface area contributed by atoms with Crippen molar-refractivity contribution in [1.82, 2.24) is 0 Å². The van der Waals surface area contributed by atoms with E-state index in [4.69, 9.17) is 9.15 Å². The van der Waals surface area contributed by atoms with Gasteiger partial charge in [-0.05, 0) is 29.8 Å². The minimum Gasteiger partial charge on any atom is -0.504 e. The topological polar surface area (TPSA) is 120 Å². The Balaban J connectivity index is 2.20. The van der Waals surface area contributed by atoms with Crippen molar-refractivity contribution in [2.24, 2.45) is 0 Å². The van der Waals surface area contributed by atoms with E-state index >= 15 is 0 Å². The van der Waals surface area contributed by atoms with Gasteiger partial charge in [-0.1, -0.05) is 6.07 Å². The molecule has 1 heterocycles. The zero-order chi connectivity index (χ0) is 19.3. The molecule has 0 bridgehead atoms. The van der Waals surface area contributed by atoms with E-state index in [1.165, 1.54) is 31.4 Å². The molecule has 0 spiro atoms. The van der Waals surface area contributed by atoms with Gasteiger partial charge in [0.25, 0.3) is 0 Å². The molecule has 2 aromatic carbocycles. The molecule has 2 aromatic rings. The molecule has 0 saturated heterocycles. The first-order valence-electron chi connectivity index (χ1n) is 7.92. The van der Waals surface area contributed by atoms with Crippen LogP contribution in [0.4, 0.5) is 0 Å². The summed E-state index contributed by atoms with van der Waals surface area (Å²) in [5.74, 6) is -0.818. The van der Waals surface area contributed by atoms with Crippen LogP contribution in [0.1, 0.15) is 0 Å². The van der Waals surface area contributed by atoms with Gasteiger partial charge in [0.05, 0.1) is 7.11 Å². The second kappa shape index (κ2) is 5.84. The van der Waals surface area contributed by atoms with Crippen molar-refractivity contribution < 1.29 is 29.6 Å². The number of aromatic hydroxyl groups is 4. The summed E-state index contributed by atoms with van der Waals surface area (Å²) in [6, 6.07) is 9.63. The lowest BCUT2D eigenvalue weighted by atomic mass is 9.93. The zero-order valence-electron chi connectivity index (χ0n) is 14.1. The van der Waals surface area contributed by atoms with Crippen LogP contribution in [-0.4, -0.2) is 27.5 Å². The van der Waals surface area contributed by atoms with Crippen molar-refractivity contribution in [3.8, 4) is 51.2 Å². The summed E-state index contributed by atoms with van der Waals surface area (Å²) >= 11 is 0. The molecule has 27 heavy (non-hydrogen) atoms. The SMILES string of the molecule is COc1cc(-c2c3cc(O)c(=O)cc-3oc3cc(O)c(O)cc23)ccc1O. The molecule has 136 valence electrons. The number of benzene rings is 3. The molecule has 7 heteroatoms. The van der Waals surface area contributed by atoms with Crippen LogP contribution in [0.15, 0.2) is 51.7 Å². The molecule has 0 unspecified atom stereocenters. The molecule has 7 nitrogen and oxygen atoms in total. The van der Waals surface area contributed by atoms with Crippen LogP contribution in [-0.2, 0) is 0 Å². The number of methoxy groups -OCH3 is 1. The standard InChI is InChI=1S/C20H14O7/c1-26-19-4-9(2-3-12(19)21)20-10-5-13(22)15(24)7-17(10)27-18-8-16(25)14(23)6-11(18)20/h2-8,21-24H,1H3. The van der Waals surface area contributed by atoms with Gasteiger partial charge >= 0.3 is 0 Å². The quantitative estimate of drug-likeness (QED) is 0.317. The zero-order valence-corrected chi connectivity index (χ0v) is 14.1. The highest BCUT2D eigenvalue weighted by atomic mass is 16.5. The second-order valence-corrected chi connectivity index (χ2v) is 6.02. The highest BCUT2D eigenvalue weighted by Gasteiger charge is 2.21. The van der Waals surface area contributed by atoms with Crippen LogP contribution < -0.4 is 10.2 Å². The maximum absolute atomic E-state index is 11.8. The Labute approximate surface area is 152 Å². The number of hydrogen-bond donors (Lipinski definition) is 4. The van der Waals surface area contributed by atoms with Gasteiger partial charge in [0.2, 0.25) is 5.43 Å². The first kappa shape index (κ1) is 16.6. The Hall–Kier alpha value is -3.87. The Morgan fingerprint density at radius 1 is 0.852 bits per heavy atom. The lowest BCUT2D eigenvalue weighted by Crippen LogP contribution is -2.01. The summed E-state index contributed by atoms with van der Waals surface area (Å²) in [5, 5.41) is 40.0. The van der Waals surface area contributed by atoms with Crippen molar-refractivity contribution in [2.75, 3.05) is 7.11 Å². The maximum Gasteiger partial charge on any atom is 0.223 e. The number of phenolic OH excluding ortho intramolecular Hbond substituents is 4. The number of ether oxygens (including phenoxy) is 1. The van der Waals surface area contributed by atoms with E-state index in [0.717, 1.165) is 6.07 Å². The van der Waals surface area contributed by atoms with Crippen LogP contribution in [0.25, 0.3) is 33.4 Å². The third-order valence-corrected chi connectivity index (χ3v) is 4.36. The number of phenols is 4. The molecule has 0 radical (unpaired) electrons. The normalized spacial score (nSPS) is 11.1. The molecular weight excluding hydrogens is 352 g/mol. The van der Waals surface area contributed by atoms with E-state index in [2.05, 4.69) is 0 Å². The molecular formula is C20H14O7. The molecule has 2 aliphatic rings. The van der Waals surface area contributed by atoms with Gasteiger partial charge in [-0.15, -0.1) is 0 Å². The van der Waals surface area contributed by atoms with E-state index in [0.29, 0.717) is 22.1 Å². The number of rotatable bonds is 2.